The van der Waals surface area contributed by atoms with Crippen LogP contribution in [0, 0.1) is 16.0 Å². The molecule has 3 heterocycles. The van der Waals surface area contributed by atoms with Crippen LogP contribution in [0.4, 0.5) is 11.5 Å². The van der Waals surface area contributed by atoms with E-state index in [1.807, 2.05) is 0 Å². The van der Waals surface area contributed by atoms with Crippen molar-refractivity contribution in [3.63, 3.8) is 0 Å². The minimum absolute atomic E-state index is 0.0466. The van der Waals surface area contributed by atoms with Gasteiger partial charge >= 0.3 is 5.76 Å². The Morgan fingerprint density at radius 2 is 2.00 bits per heavy atom. The number of nitro benzene ring substituents is 1. The topological polar surface area (TPSA) is 141 Å². The lowest BCUT2D eigenvalue weighted by atomic mass is 9.95. The monoisotopic (exact) mass is 487 g/mol. The van der Waals surface area contributed by atoms with Gasteiger partial charge in [-0.15, -0.1) is 0 Å². The van der Waals surface area contributed by atoms with Crippen LogP contribution < -0.4 is 11.1 Å². The van der Waals surface area contributed by atoms with Crippen LogP contribution in [0.2, 0.25) is 5.02 Å². The number of anilines is 1. The number of halogens is 1. The molecule has 0 atom stereocenters. The summed E-state index contributed by atoms with van der Waals surface area (Å²) in [6.45, 7) is 1.20. The second-order valence-corrected chi connectivity index (χ2v) is 8.47. The zero-order chi connectivity index (χ0) is 24.2. The molecule has 11 nitrogen and oxygen atoms in total. The summed E-state index contributed by atoms with van der Waals surface area (Å²) in [5, 5.41) is 14.1. The van der Waals surface area contributed by atoms with Gasteiger partial charge in [-0.05, 0) is 37.5 Å². The summed E-state index contributed by atoms with van der Waals surface area (Å²) in [5.41, 5.74) is 0.426. The highest BCUT2D eigenvalue weighted by Gasteiger charge is 2.27. The van der Waals surface area contributed by atoms with E-state index in [0.29, 0.717) is 48.7 Å². The smallest absolute Gasteiger partial charge is 0.407 e. The maximum Gasteiger partial charge on any atom is 0.419 e. The minimum Gasteiger partial charge on any atom is -0.407 e. The lowest BCUT2D eigenvalue weighted by Gasteiger charge is -2.31. The van der Waals surface area contributed by atoms with Gasteiger partial charge in [-0.1, -0.05) is 11.6 Å². The van der Waals surface area contributed by atoms with Crippen LogP contribution in [0.15, 0.2) is 45.7 Å². The molecule has 12 heteroatoms. The molecule has 2 amide bonds. The number of hydrogen-bond donors (Lipinski definition) is 1. The Balaban J connectivity index is 1.26. The molecule has 2 aromatic heterocycles. The number of oxazole rings is 1. The first-order chi connectivity index (χ1) is 16.3. The highest BCUT2D eigenvalue weighted by molar-refractivity contribution is 6.30. The number of carbonyl (C=O) groups excluding carboxylic acids is 2. The average molecular weight is 488 g/mol. The zero-order valence-corrected chi connectivity index (χ0v) is 18.9. The number of amides is 2. The summed E-state index contributed by atoms with van der Waals surface area (Å²) < 4.78 is 6.47. The molecule has 0 bridgehead atoms. The van der Waals surface area contributed by atoms with Crippen molar-refractivity contribution in [2.75, 3.05) is 18.4 Å². The van der Waals surface area contributed by atoms with E-state index in [2.05, 4.69) is 10.3 Å². The Bertz CT molecular complexity index is 1280. The van der Waals surface area contributed by atoms with E-state index in [9.17, 15) is 24.5 Å². The molecule has 178 valence electrons. The third kappa shape index (κ3) is 5.25. The lowest BCUT2D eigenvalue weighted by molar-refractivity contribution is -0.384. The molecule has 0 aliphatic carbocycles. The van der Waals surface area contributed by atoms with E-state index < -0.39 is 10.7 Å². The SMILES string of the molecule is O=C(Nc1ccc(Cl)cn1)C1CCN(C(=O)CCCn2c(=O)oc3cc([N+](=O)[O-])ccc32)CC1. The van der Waals surface area contributed by atoms with Gasteiger partial charge in [-0.25, -0.2) is 9.78 Å². The number of fused-ring (bicyclic) bond motifs is 1. The molecule has 0 saturated carbocycles. The summed E-state index contributed by atoms with van der Waals surface area (Å²) in [7, 11) is 0. The van der Waals surface area contributed by atoms with E-state index in [1.165, 1.54) is 29.0 Å². The van der Waals surface area contributed by atoms with Crippen LogP contribution >= 0.6 is 11.6 Å². The fourth-order valence-corrected chi connectivity index (χ4v) is 4.11. The van der Waals surface area contributed by atoms with Crippen LogP contribution in [0.5, 0.6) is 0 Å². The molecule has 0 spiro atoms. The van der Waals surface area contributed by atoms with E-state index in [-0.39, 0.29) is 42.0 Å². The Hall–Kier alpha value is -3.73. The van der Waals surface area contributed by atoms with E-state index >= 15 is 0 Å². The molecule has 1 aliphatic heterocycles. The number of piperidine rings is 1. The van der Waals surface area contributed by atoms with Crippen molar-refractivity contribution in [1.82, 2.24) is 14.5 Å². The van der Waals surface area contributed by atoms with Crippen molar-refractivity contribution in [2.24, 2.45) is 5.92 Å². The second-order valence-electron chi connectivity index (χ2n) is 8.04. The molecule has 1 fully saturated rings. The van der Waals surface area contributed by atoms with Crippen LogP contribution in [0.3, 0.4) is 0 Å². The molecule has 3 aromatic rings. The molecule has 1 aliphatic rings. The van der Waals surface area contributed by atoms with Gasteiger partial charge in [0.2, 0.25) is 11.8 Å². The molecular weight excluding hydrogens is 466 g/mol. The van der Waals surface area contributed by atoms with Crippen molar-refractivity contribution in [2.45, 2.75) is 32.2 Å². The van der Waals surface area contributed by atoms with Crippen molar-refractivity contribution >= 4 is 46.0 Å². The number of benzene rings is 1. The summed E-state index contributed by atoms with van der Waals surface area (Å²) in [4.78, 5) is 53.3. The number of aromatic nitrogens is 2. The Morgan fingerprint density at radius 3 is 2.68 bits per heavy atom. The summed E-state index contributed by atoms with van der Waals surface area (Å²) in [6.07, 6.45) is 3.21. The van der Waals surface area contributed by atoms with Gasteiger partial charge in [0, 0.05) is 44.2 Å². The molecule has 4 rings (SSSR count). The maximum atomic E-state index is 12.6. The highest BCUT2D eigenvalue weighted by Crippen LogP contribution is 2.22. The van der Waals surface area contributed by atoms with Gasteiger partial charge < -0.3 is 14.6 Å². The first-order valence-corrected chi connectivity index (χ1v) is 11.2. The zero-order valence-electron chi connectivity index (χ0n) is 18.1. The molecule has 34 heavy (non-hydrogen) atoms. The minimum atomic E-state index is -0.620. The number of nitrogens with one attached hydrogen (secondary N) is 1. The van der Waals surface area contributed by atoms with Crippen LogP contribution in [-0.4, -0.2) is 44.3 Å². The lowest BCUT2D eigenvalue weighted by Crippen LogP contribution is -2.41. The van der Waals surface area contributed by atoms with Crippen molar-refractivity contribution in [1.29, 1.82) is 0 Å². The first kappa shape index (κ1) is 23.4. The maximum absolute atomic E-state index is 12.6. The van der Waals surface area contributed by atoms with Crippen LogP contribution in [0.1, 0.15) is 25.7 Å². The van der Waals surface area contributed by atoms with E-state index in [0.717, 1.165) is 0 Å². The molecule has 0 radical (unpaired) electrons. The van der Waals surface area contributed by atoms with Crippen molar-refractivity contribution < 1.29 is 18.9 Å². The van der Waals surface area contributed by atoms with Crippen molar-refractivity contribution in [3.8, 4) is 0 Å². The molecule has 1 aromatic carbocycles. The standard InChI is InChI=1S/C22H22ClN5O6/c23-15-3-6-19(24-13-15)25-21(30)14-7-10-26(11-8-14)20(29)2-1-9-27-17-5-4-16(28(32)33)12-18(17)34-22(27)31/h3-6,12-14H,1-2,7-11H2,(H,24,25,30). The number of rotatable bonds is 7. The number of hydrogen-bond acceptors (Lipinski definition) is 7. The third-order valence-corrected chi connectivity index (χ3v) is 6.06. The van der Waals surface area contributed by atoms with E-state index in [1.54, 1.807) is 17.0 Å². The summed E-state index contributed by atoms with van der Waals surface area (Å²) >= 11 is 5.80. The molecule has 1 saturated heterocycles. The predicted octanol–water partition coefficient (Wildman–Crippen LogP) is 3.21. The number of aryl methyl sites for hydroxylation is 1. The summed E-state index contributed by atoms with van der Waals surface area (Å²) in [6, 6.07) is 7.27. The number of nitrogens with zero attached hydrogens (tertiary/aromatic N) is 4. The third-order valence-electron chi connectivity index (χ3n) is 5.83. The van der Waals surface area contributed by atoms with Crippen LogP contribution in [-0.2, 0) is 16.1 Å². The quantitative estimate of drug-likeness (QED) is 0.398. The van der Waals surface area contributed by atoms with Crippen LogP contribution in [0.25, 0.3) is 11.1 Å². The Labute approximate surface area is 198 Å². The van der Waals surface area contributed by atoms with Gasteiger partial charge in [-0.3, -0.25) is 24.3 Å². The average Bonchev–Trinajstić information content (AvgIpc) is 3.14. The number of nitro groups is 1. The fourth-order valence-electron chi connectivity index (χ4n) is 4.00. The number of carbonyl (C=O) groups is 2. The summed E-state index contributed by atoms with van der Waals surface area (Å²) in [5.74, 6) is -0.570. The highest BCUT2D eigenvalue weighted by atomic mass is 35.5. The fraction of sp³-hybridized carbons (Fsp3) is 0.364. The van der Waals surface area contributed by atoms with Gasteiger partial charge in [0.1, 0.15) is 5.82 Å². The predicted molar refractivity (Wildman–Crippen MR) is 124 cm³/mol. The molecular formula is C22H22ClN5O6. The van der Waals surface area contributed by atoms with Gasteiger partial charge in [-0.2, -0.15) is 0 Å². The number of pyridine rings is 1. The van der Waals surface area contributed by atoms with Crippen molar-refractivity contribution in [3.05, 3.63) is 62.2 Å². The number of non-ortho nitro benzene ring substituents is 1. The van der Waals surface area contributed by atoms with Gasteiger partial charge in [0.15, 0.2) is 5.58 Å². The van der Waals surface area contributed by atoms with Gasteiger partial charge in [0.25, 0.3) is 5.69 Å². The second kappa shape index (κ2) is 10.0. The Kier molecular flexibility index (Phi) is 6.92. The molecule has 1 N–H and O–H groups in total. The largest absolute Gasteiger partial charge is 0.419 e. The first-order valence-electron chi connectivity index (χ1n) is 10.8. The van der Waals surface area contributed by atoms with Gasteiger partial charge in [0.05, 0.1) is 21.5 Å². The van der Waals surface area contributed by atoms with E-state index in [4.69, 9.17) is 16.0 Å². The molecule has 0 unspecified atom stereocenters. The number of likely N-dealkylation sites (tertiary alicyclic amines) is 1. The Morgan fingerprint density at radius 1 is 1.24 bits per heavy atom. The normalized spacial score (nSPS) is 14.3.